The Morgan fingerprint density at radius 1 is 1.73 bits per heavy atom. The minimum Gasteiger partial charge on any atom is -0.426 e. The van der Waals surface area contributed by atoms with Gasteiger partial charge in [-0.2, -0.15) is 0 Å². The SMILES string of the molecule is CC(=O)OC(Cl)(Cl)C(O)CO. The zero-order valence-corrected chi connectivity index (χ0v) is 7.26. The van der Waals surface area contributed by atoms with E-state index < -0.39 is 23.2 Å². The quantitative estimate of drug-likeness (QED) is 0.501. The third kappa shape index (κ3) is 3.76. The molecule has 0 aliphatic carbocycles. The molecule has 0 heterocycles. The fourth-order valence-electron chi connectivity index (χ4n) is 0.366. The summed E-state index contributed by atoms with van der Waals surface area (Å²) in [4.78, 5) is 10.3. The Bertz CT molecular complexity index is 147. The molecule has 0 aromatic carbocycles. The lowest BCUT2D eigenvalue weighted by atomic mass is 10.4. The van der Waals surface area contributed by atoms with Gasteiger partial charge in [0, 0.05) is 6.92 Å². The van der Waals surface area contributed by atoms with Crippen LogP contribution in [-0.2, 0) is 9.53 Å². The number of halogens is 2. The molecule has 2 N–H and O–H groups in total. The summed E-state index contributed by atoms with van der Waals surface area (Å²) in [5.41, 5.74) is 0. The summed E-state index contributed by atoms with van der Waals surface area (Å²) in [5, 5.41) is 17.2. The van der Waals surface area contributed by atoms with Crippen molar-refractivity contribution in [3.63, 3.8) is 0 Å². The zero-order valence-electron chi connectivity index (χ0n) is 5.75. The highest BCUT2D eigenvalue weighted by Gasteiger charge is 2.36. The lowest BCUT2D eigenvalue weighted by Crippen LogP contribution is -2.38. The van der Waals surface area contributed by atoms with Gasteiger partial charge in [-0.3, -0.25) is 4.79 Å². The molecule has 0 aromatic heterocycles. The van der Waals surface area contributed by atoms with Crippen LogP contribution < -0.4 is 0 Å². The van der Waals surface area contributed by atoms with E-state index in [9.17, 15) is 4.79 Å². The standard InChI is InChI=1S/C5H8Cl2O4/c1-3(9)11-5(6,7)4(10)2-8/h4,8,10H,2H2,1H3. The number of hydrogen-bond acceptors (Lipinski definition) is 4. The van der Waals surface area contributed by atoms with Crippen LogP contribution >= 0.6 is 23.2 Å². The van der Waals surface area contributed by atoms with E-state index in [0.29, 0.717) is 0 Å². The van der Waals surface area contributed by atoms with Gasteiger partial charge in [-0.25, -0.2) is 0 Å². The molecule has 0 rings (SSSR count). The molecule has 0 aliphatic heterocycles. The van der Waals surface area contributed by atoms with Gasteiger partial charge < -0.3 is 14.9 Å². The molecule has 1 atom stereocenters. The van der Waals surface area contributed by atoms with Crippen molar-refractivity contribution >= 4 is 29.2 Å². The highest BCUT2D eigenvalue weighted by atomic mass is 35.5. The van der Waals surface area contributed by atoms with Gasteiger partial charge in [0.1, 0.15) is 6.10 Å². The van der Waals surface area contributed by atoms with Crippen molar-refractivity contribution in [1.82, 2.24) is 0 Å². The summed E-state index contributed by atoms with van der Waals surface area (Å²) in [7, 11) is 0. The van der Waals surface area contributed by atoms with Crippen molar-refractivity contribution in [3.8, 4) is 0 Å². The molecule has 0 aliphatic rings. The van der Waals surface area contributed by atoms with Crippen LogP contribution in [0, 0.1) is 0 Å². The summed E-state index contributed by atoms with van der Waals surface area (Å²) in [6.45, 7) is 0.407. The second-order valence-corrected chi connectivity index (χ2v) is 3.17. The normalized spacial score (nSPS) is 14.3. The van der Waals surface area contributed by atoms with Gasteiger partial charge in [0.05, 0.1) is 6.61 Å². The molecule has 1 unspecified atom stereocenters. The first-order valence-corrected chi connectivity index (χ1v) is 3.52. The van der Waals surface area contributed by atoms with E-state index in [1.807, 2.05) is 0 Å². The first-order chi connectivity index (χ1) is 4.90. The highest BCUT2D eigenvalue weighted by Crippen LogP contribution is 2.26. The summed E-state index contributed by atoms with van der Waals surface area (Å²) in [6.07, 6.45) is -1.50. The second-order valence-electron chi connectivity index (χ2n) is 1.85. The smallest absolute Gasteiger partial charge is 0.305 e. The van der Waals surface area contributed by atoms with Gasteiger partial charge >= 0.3 is 5.97 Å². The van der Waals surface area contributed by atoms with Crippen molar-refractivity contribution in [2.75, 3.05) is 6.61 Å². The number of hydrogen-bond donors (Lipinski definition) is 2. The van der Waals surface area contributed by atoms with Gasteiger partial charge in [-0.05, 0) is 0 Å². The molecule has 0 radical (unpaired) electrons. The van der Waals surface area contributed by atoms with Crippen molar-refractivity contribution in [3.05, 3.63) is 0 Å². The van der Waals surface area contributed by atoms with Gasteiger partial charge in [-0.15, -0.1) is 0 Å². The van der Waals surface area contributed by atoms with Crippen LogP contribution in [0.1, 0.15) is 6.92 Å². The Balaban J connectivity index is 4.08. The number of carbonyl (C=O) groups excluding carboxylic acids is 1. The number of aliphatic hydroxyl groups excluding tert-OH is 2. The van der Waals surface area contributed by atoms with Crippen molar-refractivity contribution in [2.24, 2.45) is 0 Å². The van der Waals surface area contributed by atoms with E-state index in [0.717, 1.165) is 6.92 Å². The number of alkyl halides is 2. The maximum absolute atomic E-state index is 10.3. The number of aliphatic hydroxyl groups is 2. The lowest BCUT2D eigenvalue weighted by Gasteiger charge is -2.22. The molecule has 6 heteroatoms. The van der Waals surface area contributed by atoms with E-state index in [4.69, 9.17) is 33.4 Å². The molecular weight excluding hydrogens is 195 g/mol. The number of carbonyl (C=O) groups is 1. The van der Waals surface area contributed by atoms with E-state index >= 15 is 0 Å². The molecule has 4 nitrogen and oxygen atoms in total. The average molecular weight is 203 g/mol. The Morgan fingerprint density at radius 2 is 2.18 bits per heavy atom. The van der Waals surface area contributed by atoms with Gasteiger partial charge in [-0.1, -0.05) is 23.2 Å². The molecule has 0 spiro atoms. The van der Waals surface area contributed by atoms with Crippen LogP contribution in [0.15, 0.2) is 0 Å². The fourth-order valence-corrected chi connectivity index (χ4v) is 0.721. The molecular formula is C5H8Cl2O4. The monoisotopic (exact) mass is 202 g/mol. The maximum Gasteiger partial charge on any atom is 0.305 e. The average Bonchev–Trinajstić information content (AvgIpc) is 1.83. The predicted molar refractivity (Wildman–Crippen MR) is 39.3 cm³/mol. The van der Waals surface area contributed by atoms with Crippen LogP contribution in [0.25, 0.3) is 0 Å². The molecule has 0 fully saturated rings. The van der Waals surface area contributed by atoms with Gasteiger partial charge in [0.15, 0.2) is 0 Å². The van der Waals surface area contributed by atoms with Crippen molar-refractivity contribution < 1.29 is 19.7 Å². The zero-order chi connectivity index (χ0) is 9.07. The predicted octanol–water partition coefficient (Wildman–Crippen LogP) is 0.0341. The third-order valence-electron chi connectivity index (χ3n) is 0.841. The number of esters is 1. The molecule has 0 saturated heterocycles. The minimum atomic E-state index is -2.07. The third-order valence-corrected chi connectivity index (χ3v) is 1.50. The Labute approximate surface area is 73.7 Å². The first kappa shape index (κ1) is 11.0. The Hall–Kier alpha value is -0.0300. The number of rotatable bonds is 3. The summed E-state index contributed by atoms with van der Waals surface area (Å²) >= 11 is 10.6. The molecule has 66 valence electrons. The van der Waals surface area contributed by atoms with E-state index in [1.54, 1.807) is 0 Å². The second kappa shape index (κ2) is 4.11. The van der Waals surface area contributed by atoms with Gasteiger partial charge in [0.2, 0.25) is 0 Å². The van der Waals surface area contributed by atoms with Crippen molar-refractivity contribution in [1.29, 1.82) is 0 Å². The summed E-state index contributed by atoms with van der Waals surface area (Å²) in [6, 6.07) is 0. The Kier molecular flexibility index (Phi) is 4.10. The minimum absolute atomic E-state index is 0.680. The van der Waals surface area contributed by atoms with Crippen LogP contribution in [0.4, 0.5) is 0 Å². The highest BCUT2D eigenvalue weighted by molar-refractivity contribution is 6.48. The van der Waals surface area contributed by atoms with E-state index in [1.165, 1.54) is 0 Å². The van der Waals surface area contributed by atoms with Crippen LogP contribution in [0.3, 0.4) is 0 Å². The van der Waals surface area contributed by atoms with Crippen molar-refractivity contribution in [2.45, 2.75) is 17.5 Å². The Morgan fingerprint density at radius 3 is 2.45 bits per heavy atom. The molecule has 0 bridgehead atoms. The van der Waals surface area contributed by atoms with Crippen LogP contribution in [0.2, 0.25) is 0 Å². The van der Waals surface area contributed by atoms with Crippen LogP contribution in [0.5, 0.6) is 0 Å². The van der Waals surface area contributed by atoms with Gasteiger partial charge in [0.25, 0.3) is 4.52 Å². The van der Waals surface area contributed by atoms with Crippen LogP contribution in [-0.4, -0.2) is 33.4 Å². The molecule has 0 amide bonds. The lowest BCUT2D eigenvalue weighted by molar-refractivity contribution is -0.151. The topological polar surface area (TPSA) is 66.8 Å². The molecule has 11 heavy (non-hydrogen) atoms. The largest absolute Gasteiger partial charge is 0.426 e. The maximum atomic E-state index is 10.3. The van der Waals surface area contributed by atoms with E-state index in [-0.39, 0.29) is 0 Å². The molecule has 0 aromatic rings. The first-order valence-electron chi connectivity index (χ1n) is 2.76. The summed E-state index contributed by atoms with van der Waals surface area (Å²) in [5.74, 6) is -0.734. The fraction of sp³-hybridized carbons (Fsp3) is 0.800. The summed E-state index contributed by atoms with van der Waals surface area (Å²) < 4.78 is 2.20. The van der Waals surface area contributed by atoms with E-state index in [2.05, 4.69) is 4.74 Å². The molecule has 0 saturated carbocycles. The number of ether oxygens (including phenoxy) is 1.